The largest absolute Gasteiger partial charge is 0.367 e. The first-order valence-corrected chi connectivity index (χ1v) is 9.43. The van der Waals surface area contributed by atoms with Gasteiger partial charge in [0.15, 0.2) is 0 Å². The Bertz CT molecular complexity index is 771. The fourth-order valence-corrected chi connectivity index (χ4v) is 3.59. The van der Waals surface area contributed by atoms with Gasteiger partial charge in [0.05, 0.1) is 0 Å². The van der Waals surface area contributed by atoms with Crippen molar-refractivity contribution >= 4 is 11.8 Å². The van der Waals surface area contributed by atoms with Crippen LogP contribution in [-0.2, 0) is 21.7 Å². The van der Waals surface area contributed by atoms with Gasteiger partial charge < -0.3 is 11.1 Å². The Labute approximate surface area is 160 Å². The molecular weight excluding hydrogens is 338 g/mol. The van der Waals surface area contributed by atoms with Gasteiger partial charge in [-0.25, -0.2) is 0 Å². The molecule has 1 unspecified atom stereocenters. The van der Waals surface area contributed by atoms with Gasteiger partial charge in [-0.3, -0.25) is 14.5 Å². The smallest absolute Gasteiger partial charge is 0.247 e. The number of likely N-dealkylation sites (tertiary alicyclic amines) is 1. The molecule has 2 amide bonds. The molecule has 1 heterocycles. The van der Waals surface area contributed by atoms with E-state index in [0.717, 1.165) is 32.5 Å². The van der Waals surface area contributed by atoms with E-state index in [1.54, 1.807) is 6.92 Å². The molecule has 0 radical (unpaired) electrons. The van der Waals surface area contributed by atoms with Crippen LogP contribution in [0.25, 0.3) is 0 Å². The van der Waals surface area contributed by atoms with E-state index in [1.165, 1.54) is 5.56 Å². The first-order valence-electron chi connectivity index (χ1n) is 9.43. The molecule has 0 bridgehead atoms. The predicted molar refractivity (Wildman–Crippen MR) is 106 cm³/mol. The zero-order chi connectivity index (χ0) is 19.3. The van der Waals surface area contributed by atoms with Gasteiger partial charge in [0.1, 0.15) is 5.54 Å². The van der Waals surface area contributed by atoms with Gasteiger partial charge in [-0.2, -0.15) is 0 Å². The van der Waals surface area contributed by atoms with Crippen LogP contribution in [0, 0.1) is 5.92 Å². The molecule has 2 aromatic rings. The second kappa shape index (κ2) is 8.35. The molecule has 0 spiro atoms. The van der Waals surface area contributed by atoms with E-state index in [0.29, 0.717) is 5.56 Å². The number of carbonyl (C=O) groups excluding carboxylic acids is 2. The number of hydrogen-bond donors (Lipinski definition) is 2. The molecule has 5 nitrogen and oxygen atoms in total. The van der Waals surface area contributed by atoms with E-state index in [2.05, 4.69) is 22.3 Å². The first-order chi connectivity index (χ1) is 13.0. The van der Waals surface area contributed by atoms with Crippen molar-refractivity contribution in [3.8, 4) is 0 Å². The molecule has 5 heteroatoms. The van der Waals surface area contributed by atoms with E-state index >= 15 is 0 Å². The second-order valence-corrected chi connectivity index (χ2v) is 7.38. The third kappa shape index (κ3) is 4.55. The Morgan fingerprint density at radius 3 is 2.15 bits per heavy atom. The highest BCUT2D eigenvalue weighted by atomic mass is 16.2. The molecule has 1 atom stereocenters. The molecule has 3 N–H and O–H groups in total. The average molecular weight is 365 g/mol. The number of nitrogens with zero attached hydrogens (tertiary/aromatic N) is 1. The summed E-state index contributed by atoms with van der Waals surface area (Å²) in [5.74, 6) is -0.748. The molecule has 1 saturated heterocycles. The summed E-state index contributed by atoms with van der Waals surface area (Å²) in [5, 5.41) is 2.91. The molecule has 142 valence electrons. The van der Waals surface area contributed by atoms with E-state index in [9.17, 15) is 9.59 Å². The van der Waals surface area contributed by atoms with E-state index in [4.69, 9.17) is 5.73 Å². The standard InChI is InChI=1S/C22H27N3O2/c1-22(21(23)27,19-10-6-3-7-11-19)24-20(26)18-12-14-25(15-13-18)16-17-8-4-2-5-9-17/h2-11,18H,12-16H2,1H3,(H2,23,27)(H,24,26). The van der Waals surface area contributed by atoms with Crippen LogP contribution < -0.4 is 11.1 Å². The Hall–Kier alpha value is -2.66. The Morgan fingerprint density at radius 1 is 1.04 bits per heavy atom. The molecule has 1 fully saturated rings. The molecule has 3 rings (SSSR count). The third-order valence-corrected chi connectivity index (χ3v) is 5.42. The number of piperidine rings is 1. The summed E-state index contributed by atoms with van der Waals surface area (Å²) < 4.78 is 0. The quantitative estimate of drug-likeness (QED) is 0.825. The van der Waals surface area contributed by atoms with Gasteiger partial charge in [0, 0.05) is 12.5 Å². The second-order valence-electron chi connectivity index (χ2n) is 7.38. The molecule has 1 aliphatic heterocycles. The summed E-state index contributed by atoms with van der Waals surface area (Å²) in [6.07, 6.45) is 1.56. The van der Waals surface area contributed by atoms with Gasteiger partial charge in [-0.05, 0) is 44.0 Å². The minimum absolute atomic E-state index is 0.0977. The van der Waals surface area contributed by atoms with Gasteiger partial charge in [0.2, 0.25) is 11.8 Å². The van der Waals surface area contributed by atoms with E-state index in [1.807, 2.05) is 48.5 Å². The fourth-order valence-electron chi connectivity index (χ4n) is 3.59. The SMILES string of the molecule is CC(NC(=O)C1CCN(Cc2ccccc2)CC1)(C(N)=O)c1ccccc1. The van der Waals surface area contributed by atoms with Crippen LogP contribution in [0.5, 0.6) is 0 Å². The zero-order valence-electron chi connectivity index (χ0n) is 15.7. The third-order valence-electron chi connectivity index (χ3n) is 5.42. The highest BCUT2D eigenvalue weighted by molar-refractivity contribution is 5.91. The Balaban J connectivity index is 1.59. The number of primary amides is 1. The average Bonchev–Trinajstić information content (AvgIpc) is 2.69. The van der Waals surface area contributed by atoms with Crippen LogP contribution in [0.15, 0.2) is 60.7 Å². The van der Waals surface area contributed by atoms with Crippen molar-refractivity contribution in [1.29, 1.82) is 0 Å². The van der Waals surface area contributed by atoms with Crippen LogP contribution in [0.2, 0.25) is 0 Å². The number of rotatable bonds is 6. The van der Waals surface area contributed by atoms with Crippen molar-refractivity contribution in [2.24, 2.45) is 11.7 Å². The maximum absolute atomic E-state index is 12.8. The number of benzene rings is 2. The van der Waals surface area contributed by atoms with Gasteiger partial charge >= 0.3 is 0 Å². The van der Waals surface area contributed by atoms with Gasteiger partial charge in [0.25, 0.3) is 0 Å². The normalized spacial score (nSPS) is 17.8. The predicted octanol–water partition coefficient (Wildman–Crippen LogP) is 2.42. The number of nitrogens with two attached hydrogens (primary N) is 1. The monoisotopic (exact) mass is 365 g/mol. The van der Waals surface area contributed by atoms with Crippen LogP contribution >= 0.6 is 0 Å². The van der Waals surface area contributed by atoms with Crippen LogP contribution in [0.4, 0.5) is 0 Å². The van der Waals surface area contributed by atoms with Crippen LogP contribution in [0.1, 0.15) is 30.9 Å². The molecule has 0 aromatic heterocycles. The minimum Gasteiger partial charge on any atom is -0.367 e. The molecule has 1 aliphatic rings. The van der Waals surface area contributed by atoms with Gasteiger partial charge in [-0.15, -0.1) is 0 Å². The Morgan fingerprint density at radius 2 is 1.59 bits per heavy atom. The summed E-state index contributed by atoms with van der Waals surface area (Å²) >= 11 is 0. The van der Waals surface area contributed by atoms with Crippen molar-refractivity contribution in [2.75, 3.05) is 13.1 Å². The van der Waals surface area contributed by atoms with Crippen molar-refractivity contribution < 1.29 is 9.59 Å². The molecule has 0 aliphatic carbocycles. The summed E-state index contributed by atoms with van der Waals surface area (Å²) in [6.45, 7) is 4.31. The highest BCUT2D eigenvalue weighted by Gasteiger charge is 2.37. The van der Waals surface area contributed by atoms with Crippen molar-refractivity contribution in [3.63, 3.8) is 0 Å². The summed E-state index contributed by atoms with van der Waals surface area (Å²) in [6, 6.07) is 19.5. The van der Waals surface area contributed by atoms with Crippen molar-refractivity contribution in [3.05, 3.63) is 71.8 Å². The fraction of sp³-hybridized carbons (Fsp3) is 0.364. The lowest BCUT2D eigenvalue weighted by Gasteiger charge is -2.34. The molecular formula is C22H27N3O2. The number of amides is 2. The lowest BCUT2D eigenvalue weighted by Crippen LogP contribution is -2.55. The zero-order valence-corrected chi connectivity index (χ0v) is 15.7. The summed E-state index contributed by atoms with van der Waals surface area (Å²) in [7, 11) is 0. The molecule has 27 heavy (non-hydrogen) atoms. The lowest BCUT2D eigenvalue weighted by atomic mass is 9.88. The molecule has 2 aromatic carbocycles. The summed E-state index contributed by atoms with van der Waals surface area (Å²) in [4.78, 5) is 27.3. The minimum atomic E-state index is -1.19. The topological polar surface area (TPSA) is 75.4 Å². The van der Waals surface area contributed by atoms with Crippen molar-refractivity contribution in [1.82, 2.24) is 10.2 Å². The van der Waals surface area contributed by atoms with Gasteiger partial charge in [-0.1, -0.05) is 60.7 Å². The maximum Gasteiger partial charge on any atom is 0.247 e. The molecule has 0 saturated carbocycles. The van der Waals surface area contributed by atoms with Crippen molar-refractivity contribution in [2.45, 2.75) is 31.8 Å². The number of nitrogens with one attached hydrogen (secondary N) is 1. The first kappa shape index (κ1) is 19.1. The van der Waals surface area contributed by atoms with E-state index in [-0.39, 0.29) is 11.8 Å². The van der Waals surface area contributed by atoms with E-state index < -0.39 is 11.4 Å². The lowest BCUT2D eigenvalue weighted by molar-refractivity contribution is -0.134. The Kier molecular flexibility index (Phi) is 5.91. The number of hydrogen-bond acceptors (Lipinski definition) is 3. The van der Waals surface area contributed by atoms with Crippen LogP contribution in [-0.4, -0.2) is 29.8 Å². The van der Waals surface area contributed by atoms with Crippen LogP contribution in [0.3, 0.4) is 0 Å². The maximum atomic E-state index is 12.8. The number of carbonyl (C=O) groups is 2. The summed E-state index contributed by atoms with van der Waals surface area (Å²) in [5.41, 5.74) is 6.42. The highest BCUT2D eigenvalue weighted by Crippen LogP contribution is 2.24.